The number of carbonyl (C=O) groups is 1. The van der Waals surface area contributed by atoms with Gasteiger partial charge in [-0.1, -0.05) is 41.4 Å². The van der Waals surface area contributed by atoms with Crippen molar-refractivity contribution in [1.82, 2.24) is 0 Å². The van der Waals surface area contributed by atoms with E-state index in [9.17, 15) is 14.9 Å². The molecule has 0 unspecified atom stereocenters. The molecule has 0 spiro atoms. The van der Waals surface area contributed by atoms with Crippen LogP contribution in [0.3, 0.4) is 0 Å². The molecule has 0 heterocycles. The fraction of sp³-hybridized carbons (Fsp3) is 0.0714. The van der Waals surface area contributed by atoms with Gasteiger partial charge >= 0.3 is 0 Å². The summed E-state index contributed by atoms with van der Waals surface area (Å²) in [5, 5.41) is 14.3. The highest BCUT2D eigenvalue weighted by atomic mass is 35.5. The van der Waals surface area contributed by atoms with Gasteiger partial charge in [-0.2, -0.15) is 0 Å². The molecule has 0 aromatic heterocycles. The number of hydrogen-bond acceptors (Lipinski definition) is 3. The SMILES string of the molecule is O=C(Cc1ccccc1[N+](=O)[O-])Nc1ccc(Cl)cc1Cl. The summed E-state index contributed by atoms with van der Waals surface area (Å²) >= 11 is 11.7. The smallest absolute Gasteiger partial charge is 0.273 e. The van der Waals surface area contributed by atoms with Gasteiger partial charge in [-0.15, -0.1) is 0 Å². The minimum absolute atomic E-state index is 0.0881. The fourth-order valence-electron chi connectivity index (χ4n) is 1.80. The lowest BCUT2D eigenvalue weighted by atomic mass is 10.1. The average molecular weight is 325 g/mol. The van der Waals surface area contributed by atoms with Crippen LogP contribution in [-0.4, -0.2) is 10.8 Å². The van der Waals surface area contributed by atoms with Gasteiger partial charge in [0.25, 0.3) is 5.69 Å². The molecule has 0 saturated carbocycles. The standard InChI is InChI=1S/C14H10Cl2N2O3/c15-10-5-6-12(11(16)8-10)17-14(19)7-9-3-1-2-4-13(9)18(20)21/h1-6,8H,7H2,(H,17,19). The molecule has 2 aromatic carbocycles. The Kier molecular flexibility index (Phi) is 4.77. The topological polar surface area (TPSA) is 72.2 Å². The van der Waals surface area contributed by atoms with Gasteiger partial charge in [-0.25, -0.2) is 0 Å². The van der Waals surface area contributed by atoms with Gasteiger partial charge in [0.2, 0.25) is 5.91 Å². The fourth-order valence-corrected chi connectivity index (χ4v) is 2.25. The molecule has 7 heteroatoms. The first-order chi connectivity index (χ1) is 9.97. The Hall–Kier alpha value is -2.11. The maximum Gasteiger partial charge on any atom is 0.273 e. The Labute approximate surface area is 130 Å². The number of amides is 1. The summed E-state index contributed by atoms with van der Waals surface area (Å²) in [6.45, 7) is 0. The van der Waals surface area contributed by atoms with Crippen molar-refractivity contribution in [3.05, 3.63) is 68.2 Å². The van der Waals surface area contributed by atoms with Gasteiger partial charge in [0.1, 0.15) is 0 Å². The summed E-state index contributed by atoms with van der Waals surface area (Å²) in [5.74, 6) is -0.395. The minimum atomic E-state index is -0.516. The minimum Gasteiger partial charge on any atom is -0.324 e. The van der Waals surface area contributed by atoms with Gasteiger partial charge in [-0.05, 0) is 18.2 Å². The maximum atomic E-state index is 12.0. The molecule has 1 amide bonds. The number of halogens is 2. The van der Waals surface area contributed by atoms with Crippen LogP contribution in [-0.2, 0) is 11.2 Å². The first kappa shape index (κ1) is 15.3. The third-order valence-electron chi connectivity index (χ3n) is 2.74. The molecule has 0 atom stereocenters. The summed E-state index contributed by atoms with van der Waals surface area (Å²) in [5.41, 5.74) is 0.657. The molecule has 1 N–H and O–H groups in total. The van der Waals surface area contributed by atoms with Crippen molar-refractivity contribution in [3.63, 3.8) is 0 Å². The van der Waals surface area contributed by atoms with Crippen molar-refractivity contribution in [3.8, 4) is 0 Å². The summed E-state index contributed by atoms with van der Waals surface area (Å²) in [7, 11) is 0. The zero-order chi connectivity index (χ0) is 15.4. The Balaban J connectivity index is 2.14. The van der Waals surface area contributed by atoms with E-state index in [-0.39, 0.29) is 12.1 Å². The highest BCUT2D eigenvalue weighted by Gasteiger charge is 2.16. The molecule has 0 saturated heterocycles. The lowest BCUT2D eigenvalue weighted by molar-refractivity contribution is -0.385. The van der Waals surface area contributed by atoms with E-state index in [1.807, 2.05) is 0 Å². The molecule has 2 rings (SSSR count). The Morgan fingerprint density at radius 1 is 1.19 bits per heavy atom. The number of carbonyl (C=O) groups excluding carboxylic acids is 1. The zero-order valence-electron chi connectivity index (χ0n) is 10.7. The van der Waals surface area contributed by atoms with Gasteiger partial charge in [-0.3, -0.25) is 14.9 Å². The summed E-state index contributed by atoms with van der Waals surface area (Å²) < 4.78 is 0. The molecule has 0 aliphatic carbocycles. The largest absolute Gasteiger partial charge is 0.324 e. The predicted molar refractivity (Wildman–Crippen MR) is 81.9 cm³/mol. The van der Waals surface area contributed by atoms with Crippen LogP contribution in [0.15, 0.2) is 42.5 Å². The molecule has 0 fully saturated rings. The van der Waals surface area contributed by atoms with Crippen LogP contribution >= 0.6 is 23.2 Å². The third kappa shape index (κ3) is 3.93. The lowest BCUT2D eigenvalue weighted by Gasteiger charge is -2.08. The number of nitro benzene ring substituents is 1. The Bertz CT molecular complexity index is 704. The first-order valence-electron chi connectivity index (χ1n) is 5.94. The van der Waals surface area contributed by atoms with Crippen LogP contribution in [0.2, 0.25) is 10.0 Å². The van der Waals surface area contributed by atoms with Crippen LogP contribution < -0.4 is 5.32 Å². The number of hydrogen-bond donors (Lipinski definition) is 1. The Morgan fingerprint density at radius 2 is 1.90 bits per heavy atom. The van der Waals surface area contributed by atoms with Crippen LogP contribution in [0.25, 0.3) is 0 Å². The quantitative estimate of drug-likeness (QED) is 0.680. The molecule has 21 heavy (non-hydrogen) atoms. The molecule has 2 aromatic rings. The van der Waals surface area contributed by atoms with Crippen molar-refractivity contribution in [2.24, 2.45) is 0 Å². The van der Waals surface area contributed by atoms with Gasteiger partial charge in [0.15, 0.2) is 0 Å². The number of nitro groups is 1. The van der Waals surface area contributed by atoms with E-state index in [4.69, 9.17) is 23.2 Å². The van der Waals surface area contributed by atoms with E-state index in [1.54, 1.807) is 30.3 Å². The molecule has 0 radical (unpaired) electrons. The molecule has 0 aliphatic heterocycles. The monoisotopic (exact) mass is 324 g/mol. The highest BCUT2D eigenvalue weighted by Crippen LogP contribution is 2.26. The van der Waals surface area contributed by atoms with Crippen molar-refractivity contribution in [2.75, 3.05) is 5.32 Å². The van der Waals surface area contributed by atoms with E-state index < -0.39 is 10.8 Å². The number of benzene rings is 2. The van der Waals surface area contributed by atoms with E-state index in [1.165, 1.54) is 12.1 Å². The summed E-state index contributed by atoms with van der Waals surface area (Å²) in [4.78, 5) is 22.3. The number of nitrogens with zero attached hydrogens (tertiary/aromatic N) is 1. The molecular weight excluding hydrogens is 315 g/mol. The van der Waals surface area contributed by atoms with Crippen molar-refractivity contribution in [1.29, 1.82) is 0 Å². The predicted octanol–water partition coefficient (Wildman–Crippen LogP) is 4.08. The number of nitrogens with one attached hydrogen (secondary N) is 1. The van der Waals surface area contributed by atoms with Crippen LogP contribution in [0.1, 0.15) is 5.56 Å². The number of rotatable bonds is 4. The first-order valence-corrected chi connectivity index (χ1v) is 6.70. The number of para-hydroxylation sites is 1. The number of anilines is 1. The van der Waals surface area contributed by atoms with E-state index >= 15 is 0 Å². The van der Waals surface area contributed by atoms with E-state index in [0.717, 1.165) is 0 Å². The second-order valence-corrected chi connectivity index (χ2v) is 5.08. The van der Waals surface area contributed by atoms with Gasteiger partial charge in [0, 0.05) is 16.7 Å². The molecule has 5 nitrogen and oxygen atoms in total. The summed E-state index contributed by atoms with van der Waals surface area (Å²) in [6, 6.07) is 10.8. The second-order valence-electron chi connectivity index (χ2n) is 4.23. The van der Waals surface area contributed by atoms with E-state index in [0.29, 0.717) is 21.3 Å². The highest BCUT2D eigenvalue weighted by molar-refractivity contribution is 6.36. The average Bonchev–Trinajstić information content (AvgIpc) is 2.42. The van der Waals surface area contributed by atoms with Crippen molar-refractivity contribution in [2.45, 2.75) is 6.42 Å². The van der Waals surface area contributed by atoms with Crippen LogP contribution in [0, 0.1) is 10.1 Å². The molecule has 108 valence electrons. The molecule has 0 aliphatic rings. The Morgan fingerprint density at radius 3 is 2.57 bits per heavy atom. The van der Waals surface area contributed by atoms with Gasteiger partial charge < -0.3 is 5.32 Å². The van der Waals surface area contributed by atoms with Gasteiger partial charge in [0.05, 0.1) is 22.1 Å². The normalized spacial score (nSPS) is 10.2. The molecule has 0 bridgehead atoms. The summed E-state index contributed by atoms with van der Waals surface area (Å²) in [6.07, 6.45) is -0.115. The lowest BCUT2D eigenvalue weighted by Crippen LogP contribution is -2.15. The van der Waals surface area contributed by atoms with Crippen LogP contribution in [0.4, 0.5) is 11.4 Å². The zero-order valence-corrected chi connectivity index (χ0v) is 12.2. The van der Waals surface area contributed by atoms with E-state index in [2.05, 4.69) is 5.32 Å². The van der Waals surface area contributed by atoms with Crippen LogP contribution in [0.5, 0.6) is 0 Å². The second kappa shape index (κ2) is 6.56. The maximum absolute atomic E-state index is 12.0. The molecular formula is C14H10Cl2N2O3. The van der Waals surface area contributed by atoms with Crippen molar-refractivity contribution >= 4 is 40.5 Å². The third-order valence-corrected chi connectivity index (χ3v) is 3.29. The van der Waals surface area contributed by atoms with Crippen molar-refractivity contribution < 1.29 is 9.72 Å².